The molecule has 0 spiro atoms. The van der Waals surface area contributed by atoms with Crippen molar-refractivity contribution < 1.29 is 4.79 Å². The quantitative estimate of drug-likeness (QED) is 0.764. The highest BCUT2D eigenvalue weighted by Gasteiger charge is 2.27. The summed E-state index contributed by atoms with van der Waals surface area (Å²) in [7, 11) is 0. The zero-order chi connectivity index (χ0) is 17.4. The Kier molecular flexibility index (Phi) is 7.38. The highest BCUT2D eigenvalue weighted by Crippen LogP contribution is 2.43. The molecule has 0 saturated carbocycles. The third kappa shape index (κ3) is 4.41. The van der Waals surface area contributed by atoms with Crippen LogP contribution in [0.15, 0.2) is 54.6 Å². The van der Waals surface area contributed by atoms with Crippen LogP contribution in [0.1, 0.15) is 66.4 Å². The van der Waals surface area contributed by atoms with Gasteiger partial charge in [0, 0.05) is 10.8 Å². The van der Waals surface area contributed by atoms with Gasteiger partial charge < -0.3 is 5.32 Å². The number of carbonyl (C=O) groups is 1. The Labute approximate surface area is 150 Å². The van der Waals surface area contributed by atoms with Crippen LogP contribution in [0.25, 0.3) is 0 Å². The lowest BCUT2D eigenvalue weighted by Gasteiger charge is -2.31. The molecular formula is C21H27NOS. The van der Waals surface area contributed by atoms with E-state index >= 15 is 0 Å². The van der Waals surface area contributed by atoms with Gasteiger partial charge >= 0.3 is 0 Å². The molecule has 0 aliphatic heterocycles. The van der Waals surface area contributed by atoms with E-state index in [0.717, 1.165) is 24.2 Å². The first-order valence-corrected chi connectivity index (χ1v) is 9.90. The van der Waals surface area contributed by atoms with E-state index in [1.54, 1.807) is 0 Å². The molecule has 0 radical (unpaired) electrons. The molecule has 2 unspecified atom stereocenters. The highest BCUT2D eigenvalue weighted by atomic mass is 32.2. The molecule has 3 rings (SSSR count). The monoisotopic (exact) mass is 341 g/mol. The summed E-state index contributed by atoms with van der Waals surface area (Å²) in [6.45, 7) is 6.20. The van der Waals surface area contributed by atoms with Crippen molar-refractivity contribution in [3.8, 4) is 0 Å². The number of carbonyl (C=O) groups excluding carboxylic acids is 1. The van der Waals surface area contributed by atoms with E-state index in [1.807, 2.05) is 55.9 Å². The maximum absolute atomic E-state index is 12.4. The van der Waals surface area contributed by atoms with Crippen LogP contribution in [-0.2, 0) is 0 Å². The molecule has 2 aromatic carbocycles. The largest absolute Gasteiger partial charge is 0.345 e. The van der Waals surface area contributed by atoms with Gasteiger partial charge in [0.05, 0.1) is 6.04 Å². The van der Waals surface area contributed by atoms with E-state index in [2.05, 4.69) is 36.5 Å². The second kappa shape index (κ2) is 9.53. The molecule has 3 heteroatoms. The van der Waals surface area contributed by atoms with Crippen molar-refractivity contribution in [2.45, 2.75) is 44.9 Å². The highest BCUT2D eigenvalue weighted by molar-refractivity contribution is 7.99. The van der Waals surface area contributed by atoms with Crippen LogP contribution in [-0.4, -0.2) is 11.7 Å². The molecule has 2 atom stereocenters. The molecule has 0 heterocycles. The summed E-state index contributed by atoms with van der Waals surface area (Å²) in [6, 6.07) is 18.1. The Morgan fingerprint density at radius 2 is 1.62 bits per heavy atom. The first-order chi connectivity index (χ1) is 11.8. The Morgan fingerprint density at radius 3 is 2.29 bits per heavy atom. The summed E-state index contributed by atoms with van der Waals surface area (Å²) >= 11 is 2.00. The topological polar surface area (TPSA) is 29.1 Å². The average Bonchev–Trinajstić information content (AvgIpc) is 2.66. The molecule has 1 aliphatic carbocycles. The molecule has 0 fully saturated rings. The van der Waals surface area contributed by atoms with E-state index in [0.29, 0.717) is 5.25 Å². The SMILES string of the molecule is CC.CCSC1CCC(NC(=O)c2ccccc2)c2ccccc21. The third-order valence-corrected chi connectivity index (χ3v) is 5.37. The van der Waals surface area contributed by atoms with Crippen molar-refractivity contribution in [1.29, 1.82) is 0 Å². The Balaban J connectivity index is 0.00000100. The Hall–Kier alpha value is -1.74. The fourth-order valence-corrected chi connectivity index (χ4v) is 4.21. The molecule has 1 N–H and O–H groups in total. The van der Waals surface area contributed by atoms with Gasteiger partial charge in [-0.25, -0.2) is 0 Å². The molecular weight excluding hydrogens is 314 g/mol. The van der Waals surface area contributed by atoms with Crippen molar-refractivity contribution in [2.24, 2.45) is 0 Å². The average molecular weight is 342 g/mol. The molecule has 1 aliphatic rings. The number of hydrogen-bond acceptors (Lipinski definition) is 2. The van der Waals surface area contributed by atoms with E-state index < -0.39 is 0 Å². The lowest BCUT2D eigenvalue weighted by atomic mass is 9.87. The Morgan fingerprint density at radius 1 is 1.00 bits per heavy atom. The third-order valence-electron chi connectivity index (χ3n) is 4.14. The lowest BCUT2D eigenvalue weighted by Crippen LogP contribution is -2.31. The normalized spacial score (nSPS) is 18.8. The molecule has 0 bridgehead atoms. The fraction of sp³-hybridized carbons (Fsp3) is 0.381. The van der Waals surface area contributed by atoms with Crippen molar-refractivity contribution in [3.63, 3.8) is 0 Å². The number of rotatable bonds is 4. The maximum atomic E-state index is 12.4. The van der Waals surface area contributed by atoms with Gasteiger partial charge in [-0.05, 0) is 41.9 Å². The van der Waals surface area contributed by atoms with Crippen LogP contribution in [0.3, 0.4) is 0 Å². The van der Waals surface area contributed by atoms with E-state index in [4.69, 9.17) is 0 Å². The predicted octanol–water partition coefficient (Wildman–Crippen LogP) is 5.77. The van der Waals surface area contributed by atoms with E-state index in [9.17, 15) is 4.79 Å². The van der Waals surface area contributed by atoms with Gasteiger partial charge in [-0.2, -0.15) is 11.8 Å². The lowest BCUT2D eigenvalue weighted by molar-refractivity contribution is 0.0932. The number of fused-ring (bicyclic) bond motifs is 1. The van der Waals surface area contributed by atoms with Gasteiger partial charge in [-0.1, -0.05) is 63.2 Å². The summed E-state index contributed by atoms with van der Waals surface area (Å²) < 4.78 is 0. The maximum Gasteiger partial charge on any atom is 0.251 e. The number of amides is 1. The van der Waals surface area contributed by atoms with Gasteiger partial charge in [0.2, 0.25) is 0 Å². The minimum Gasteiger partial charge on any atom is -0.345 e. The summed E-state index contributed by atoms with van der Waals surface area (Å²) in [4.78, 5) is 12.4. The van der Waals surface area contributed by atoms with Crippen LogP contribution in [0.4, 0.5) is 0 Å². The van der Waals surface area contributed by atoms with Gasteiger partial charge in [-0.3, -0.25) is 4.79 Å². The van der Waals surface area contributed by atoms with Crippen molar-refractivity contribution in [3.05, 3.63) is 71.3 Å². The van der Waals surface area contributed by atoms with Crippen LogP contribution >= 0.6 is 11.8 Å². The second-order valence-electron chi connectivity index (χ2n) is 5.54. The zero-order valence-electron chi connectivity index (χ0n) is 14.8. The molecule has 128 valence electrons. The second-order valence-corrected chi connectivity index (χ2v) is 7.02. The van der Waals surface area contributed by atoms with E-state index in [-0.39, 0.29) is 11.9 Å². The van der Waals surface area contributed by atoms with Gasteiger partial charge in [0.15, 0.2) is 0 Å². The van der Waals surface area contributed by atoms with Crippen LogP contribution in [0.5, 0.6) is 0 Å². The molecule has 24 heavy (non-hydrogen) atoms. The Bertz CT molecular complexity index is 641. The van der Waals surface area contributed by atoms with Crippen molar-refractivity contribution in [1.82, 2.24) is 5.32 Å². The van der Waals surface area contributed by atoms with E-state index in [1.165, 1.54) is 11.1 Å². The first kappa shape index (κ1) is 18.6. The summed E-state index contributed by atoms with van der Waals surface area (Å²) in [6.07, 6.45) is 2.13. The molecule has 0 aromatic heterocycles. The number of hydrogen-bond donors (Lipinski definition) is 1. The summed E-state index contributed by atoms with van der Waals surface area (Å²) in [5.74, 6) is 1.14. The van der Waals surface area contributed by atoms with Crippen LogP contribution in [0, 0.1) is 0 Å². The molecule has 1 amide bonds. The number of nitrogens with one attached hydrogen (secondary N) is 1. The van der Waals surface area contributed by atoms with Crippen LogP contribution in [0.2, 0.25) is 0 Å². The van der Waals surface area contributed by atoms with Crippen LogP contribution < -0.4 is 5.32 Å². The minimum atomic E-state index is 0.0157. The minimum absolute atomic E-state index is 0.0157. The molecule has 2 aromatic rings. The smallest absolute Gasteiger partial charge is 0.251 e. The van der Waals surface area contributed by atoms with Gasteiger partial charge in [0.25, 0.3) is 5.91 Å². The van der Waals surface area contributed by atoms with Crippen molar-refractivity contribution in [2.75, 3.05) is 5.75 Å². The first-order valence-electron chi connectivity index (χ1n) is 8.86. The molecule has 2 nitrogen and oxygen atoms in total. The number of benzene rings is 2. The zero-order valence-corrected chi connectivity index (χ0v) is 15.6. The van der Waals surface area contributed by atoms with Gasteiger partial charge in [-0.15, -0.1) is 0 Å². The molecule has 0 saturated heterocycles. The predicted molar refractivity (Wildman–Crippen MR) is 105 cm³/mol. The van der Waals surface area contributed by atoms with Gasteiger partial charge in [0.1, 0.15) is 0 Å². The fourth-order valence-electron chi connectivity index (χ4n) is 3.11. The summed E-state index contributed by atoms with van der Waals surface area (Å²) in [5, 5.41) is 3.77. The number of thioether (sulfide) groups is 1. The standard InChI is InChI=1S/C19H21NOS.C2H6/c1-2-22-18-13-12-17(15-10-6-7-11-16(15)18)20-19(21)14-8-4-3-5-9-14;1-2/h3-11,17-18H,2,12-13H2,1H3,(H,20,21);1-2H3. The van der Waals surface area contributed by atoms with Crippen molar-refractivity contribution >= 4 is 17.7 Å². The summed E-state index contributed by atoms with van der Waals surface area (Å²) in [5.41, 5.74) is 3.40.